The highest BCUT2D eigenvalue weighted by atomic mass is 32.1. The van der Waals surface area contributed by atoms with Gasteiger partial charge in [-0.1, -0.05) is 33.8 Å². The number of aromatic nitrogens is 1. The maximum Gasteiger partial charge on any atom is 0.243 e. The minimum atomic E-state index is -0.639. The zero-order valence-corrected chi connectivity index (χ0v) is 18.9. The molecule has 0 radical (unpaired) electrons. The molecule has 1 heterocycles. The molecule has 1 aromatic carbocycles. The summed E-state index contributed by atoms with van der Waals surface area (Å²) >= 11 is 1.58. The molecule has 2 rings (SSSR count). The summed E-state index contributed by atoms with van der Waals surface area (Å²) in [4.78, 5) is 29.6. The second kappa shape index (κ2) is 10.7. The van der Waals surface area contributed by atoms with Gasteiger partial charge in [-0.25, -0.2) is 4.98 Å². The normalized spacial score (nSPS) is 14.6. The molecule has 7 heteroatoms. The Morgan fingerprint density at radius 1 is 1.17 bits per heavy atom. The molecule has 0 saturated carbocycles. The van der Waals surface area contributed by atoms with Crippen LogP contribution in [0.25, 0.3) is 10.2 Å². The van der Waals surface area contributed by atoms with Crippen LogP contribution < -0.4 is 16.4 Å². The van der Waals surface area contributed by atoms with Gasteiger partial charge in [0.1, 0.15) is 6.04 Å². The molecule has 160 valence electrons. The molecule has 0 aliphatic heterocycles. The topological polar surface area (TPSA) is 97.1 Å². The molecule has 0 saturated heterocycles. The van der Waals surface area contributed by atoms with E-state index in [1.165, 1.54) is 5.56 Å². The Labute approximate surface area is 177 Å². The standard InChI is InChI=1S/C22H34N4O2S/c1-6-20(27)25-18(22(28)24-15(5)14(4)9-10-23)12-21-26-17-8-7-16(13(2)3)11-19(17)29-21/h7-8,11,13-15,18H,6,9-10,12,23H2,1-5H3,(H,24,28)(H,25,27)/t14-,15-,18-/m0/s1. The first-order chi connectivity index (χ1) is 13.7. The molecule has 1 aromatic heterocycles. The van der Waals surface area contributed by atoms with E-state index in [0.717, 1.165) is 21.6 Å². The highest BCUT2D eigenvalue weighted by Crippen LogP contribution is 2.27. The molecule has 29 heavy (non-hydrogen) atoms. The van der Waals surface area contributed by atoms with Gasteiger partial charge in [0.25, 0.3) is 0 Å². The van der Waals surface area contributed by atoms with Gasteiger partial charge < -0.3 is 16.4 Å². The number of fused-ring (bicyclic) bond motifs is 1. The van der Waals surface area contributed by atoms with Crippen molar-refractivity contribution in [1.82, 2.24) is 15.6 Å². The SMILES string of the molecule is CCC(=O)N[C@@H](Cc1nc2ccc(C(C)C)cc2s1)C(=O)N[C@@H](C)[C@@H](C)CCN. The molecule has 0 fully saturated rings. The van der Waals surface area contributed by atoms with E-state index in [2.05, 4.69) is 48.5 Å². The molecular formula is C22H34N4O2S. The minimum Gasteiger partial charge on any atom is -0.352 e. The Morgan fingerprint density at radius 2 is 1.90 bits per heavy atom. The maximum absolute atomic E-state index is 12.9. The summed E-state index contributed by atoms with van der Waals surface area (Å²) in [6.45, 7) is 10.7. The van der Waals surface area contributed by atoms with Gasteiger partial charge in [0.15, 0.2) is 0 Å². The molecule has 3 atom stereocenters. The lowest BCUT2D eigenvalue weighted by Crippen LogP contribution is -2.51. The fraction of sp³-hybridized carbons (Fsp3) is 0.591. The zero-order chi connectivity index (χ0) is 21.6. The Kier molecular flexibility index (Phi) is 8.59. The highest BCUT2D eigenvalue weighted by Gasteiger charge is 2.25. The van der Waals surface area contributed by atoms with Crippen molar-refractivity contribution in [3.8, 4) is 0 Å². The quantitative estimate of drug-likeness (QED) is 0.551. The Balaban J connectivity index is 2.18. The number of nitrogens with two attached hydrogens (primary N) is 1. The number of amides is 2. The summed E-state index contributed by atoms with van der Waals surface area (Å²) in [5, 5.41) is 6.74. The van der Waals surface area contributed by atoms with Crippen molar-refractivity contribution in [3.63, 3.8) is 0 Å². The summed E-state index contributed by atoms with van der Waals surface area (Å²) in [5.41, 5.74) is 7.83. The third-order valence-electron chi connectivity index (χ3n) is 5.32. The van der Waals surface area contributed by atoms with Gasteiger partial charge in [0.2, 0.25) is 11.8 Å². The molecule has 0 spiro atoms. The van der Waals surface area contributed by atoms with Crippen LogP contribution in [0.5, 0.6) is 0 Å². The average Bonchev–Trinajstić information content (AvgIpc) is 3.08. The van der Waals surface area contributed by atoms with Crippen molar-refractivity contribution in [2.45, 2.75) is 71.9 Å². The van der Waals surface area contributed by atoms with E-state index in [-0.39, 0.29) is 23.8 Å². The van der Waals surface area contributed by atoms with Gasteiger partial charge in [-0.2, -0.15) is 0 Å². The highest BCUT2D eigenvalue weighted by molar-refractivity contribution is 7.18. The van der Waals surface area contributed by atoms with Crippen molar-refractivity contribution >= 4 is 33.4 Å². The largest absolute Gasteiger partial charge is 0.352 e. The molecule has 0 aliphatic carbocycles. The van der Waals surface area contributed by atoms with Crippen LogP contribution >= 0.6 is 11.3 Å². The third-order valence-corrected chi connectivity index (χ3v) is 6.36. The summed E-state index contributed by atoms with van der Waals surface area (Å²) in [6.07, 6.45) is 1.55. The fourth-order valence-electron chi connectivity index (χ4n) is 3.10. The molecule has 4 N–H and O–H groups in total. The zero-order valence-electron chi connectivity index (χ0n) is 18.1. The van der Waals surface area contributed by atoms with E-state index in [0.29, 0.717) is 25.3 Å². The van der Waals surface area contributed by atoms with Crippen LogP contribution in [0.2, 0.25) is 0 Å². The predicted molar refractivity (Wildman–Crippen MR) is 120 cm³/mol. The number of hydrogen-bond acceptors (Lipinski definition) is 5. The number of rotatable bonds is 10. The van der Waals surface area contributed by atoms with Crippen molar-refractivity contribution in [1.29, 1.82) is 0 Å². The second-order valence-corrected chi connectivity index (χ2v) is 9.13. The van der Waals surface area contributed by atoms with Crippen LogP contribution in [0.3, 0.4) is 0 Å². The van der Waals surface area contributed by atoms with Crippen LogP contribution in [-0.2, 0) is 16.0 Å². The van der Waals surface area contributed by atoms with Crippen LogP contribution in [0.4, 0.5) is 0 Å². The van der Waals surface area contributed by atoms with Crippen LogP contribution in [-0.4, -0.2) is 35.4 Å². The molecule has 2 aromatic rings. The monoisotopic (exact) mass is 418 g/mol. The maximum atomic E-state index is 12.9. The predicted octanol–water partition coefficient (Wildman–Crippen LogP) is 3.35. The first-order valence-corrected chi connectivity index (χ1v) is 11.3. The van der Waals surface area contributed by atoms with Crippen LogP contribution in [0.1, 0.15) is 63.9 Å². The Bertz CT molecular complexity index is 833. The molecular weight excluding hydrogens is 384 g/mol. The third kappa shape index (κ3) is 6.51. The summed E-state index contributed by atoms with van der Waals surface area (Å²) in [6, 6.07) is 5.63. The number of benzene rings is 1. The van der Waals surface area contributed by atoms with E-state index in [4.69, 9.17) is 5.73 Å². The van der Waals surface area contributed by atoms with Gasteiger partial charge in [0, 0.05) is 18.9 Å². The number of nitrogens with one attached hydrogen (secondary N) is 2. The number of nitrogens with zero attached hydrogens (tertiary/aromatic N) is 1. The lowest BCUT2D eigenvalue weighted by atomic mass is 9.99. The van der Waals surface area contributed by atoms with E-state index in [1.54, 1.807) is 18.3 Å². The van der Waals surface area contributed by atoms with Gasteiger partial charge in [-0.05, 0) is 49.4 Å². The van der Waals surface area contributed by atoms with E-state index in [9.17, 15) is 9.59 Å². The van der Waals surface area contributed by atoms with Crippen molar-refractivity contribution in [2.24, 2.45) is 11.7 Å². The number of carbonyl (C=O) groups is 2. The van der Waals surface area contributed by atoms with Gasteiger partial charge in [-0.15, -0.1) is 11.3 Å². The molecule has 0 bridgehead atoms. The summed E-state index contributed by atoms with van der Waals surface area (Å²) < 4.78 is 1.11. The molecule has 2 amide bonds. The van der Waals surface area contributed by atoms with Crippen molar-refractivity contribution in [2.75, 3.05) is 6.54 Å². The van der Waals surface area contributed by atoms with Gasteiger partial charge in [0.05, 0.1) is 15.2 Å². The molecule has 6 nitrogen and oxygen atoms in total. The Morgan fingerprint density at radius 3 is 2.52 bits per heavy atom. The molecule has 0 aliphatic rings. The van der Waals surface area contributed by atoms with E-state index < -0.39 is 6.04 Å². The average molecular weight is 419 g/mol. The van der Waals surface area contributed by atoms with Crippen LogP contribution in [0.15, 0.2) is 18.2 Å². The minimum absolute atomic E-state index is 0.0176. The van der Waals surface area contributed by atoms with Gasteiger partial charge in [-0.3, -0.25) is 9.59 Å². The lowest BCUT2D eigenvalue weighted by Gasteiger charge is -2.24. The smallest absolute Gasteiger partial charge is 0.243 e. The summed E-state index contributed by atoms with van der Waals surface area (Å²) in [7, 11) is 0. The fourth-order valence-corrected chi connectivity index (χ4v) is 4.16. The van der Waals surface area contributed by atoms with Gasteiger partial charge >= 0.3 is 0 Å². The number of hydrogen-bond donors (Lipinski definition) is 3. The van der Waals surface area contributed by atoms with Crippen LogP contribution in [0, 0.1) is 5.92 Å². The first-order valence-electron chi connectivity index (χ1n) is 10.4. The van der Waals surface area contributed by atoms with Crippen molar-refractivity contribution < 1.29 is 9.59 Å². The van der Waals surface area contributed by atoms with E-state index in [1.807, 2.05) is 13.0 Å². The first kappa shape index (κ1) is 23.3. The van der Waals surface area contributed by atoms with E-state index >= 15 is 0 Å². The molecule has 0 unspecified atom stereocenters. The van der Waals surface area contributed by atoms with Crippen molar-refractivity contribution in [3.05, 3.63) is 28.8 Å². The number of carbonyl (C=O) groups excluding carboxylic acids is 2. The lowest BCUT2D eigenvalue weighted by molar-refractivity contribution is -0.129. The number of thiazole rings is 1. The Hall–Kier alpha value is -1.99. The summed E-state index contributed by atoms with van der Waals surface area (Å²) in [5.74, 6) is 0.397. The second-order valence-electron chi connectivity index (χ2n) is 8.02.